The molecule has 7 heteroatoms. The Morgan fingerprint density at radius 2 is 1.68 bits per heavy atom. The molecule has 0 spiro atoms. The molecule has 7 nitrogen and oxygen atoms in total. The summed E-state index contributed by atoms with van der Waals surface area (Å²) in [6.07, 6.45) is 3.79. The number of carbonyl (C=O) groups excluding carboxylic acids is 1. The van der Waals surface area contributed by atoms with Crippen LogP contribution >= 0.6 is 0 Å². The molecule has 0 bridgehead atoms. The molecule has 1 atom stereocenters. The third-order valence-electron chi connectivity index (χ3n) is 7.80. The molecule has 2 fully saturated rings. The van der Waals surface area contributed by atoms with Crippen LogP contribution in [-0.4, -0.2) is 73.9 Å². The number of ether oxygens (including phenoxy) is 1. The molecule has 3 aromatic rings. The highest BCUT2D eigenvalue weighted by Gasteiger charge is 2.35. The van der Waals surface area contributed by atoms with Gasteiger partial charge in [-0.1, -0.05) is 54.6 Å². The van der Waals surface area contributed by atoms with Gasteiger partial charge in [0.05, 0.1) is 12.8 Å². The van der Waals surface area contributed by atoms with Gasteiger partial charge in [-0.05, 0) is 53.8 Å². The van der Waals surface area contributed by atoms with Crippen LogP contribution in [0.5, 0.6) is 0 Å². The third-order valence-corrected chi connectivity index (χ3v) is 7.80. The second-order valence-corrected chi connectivity index (χ2v) is 9.88. The molecular formula is C30H37N5O2. The Hall–Kier alpha value is -3.42. The summed E-state index contributed by atoms with van der Waals surface area (Å²) in [5.74, 6) is 5.12. The Morgan fingerprint density at radius 1 is 0.973 bits per heavy atom. The number of carbonyl (C=O) groups is 1. The second-order valence-electron chi connectivity index (χ2n) is 9.88. The molecule has 5 rings (SSSR count). The largest absolute Gasteiger partial charge is 0.465 e. The van der Waals surface area contributed by atoms with E-state index in [1.54, 1.807) is 6.21 Å². The minimum Gasteiger partial charge on any atom is -0.465 e. The van der Waals surface area contributed by atoms with E-state index in [0.29, 0.717) is 12.6 Å². The van der Waals surface area contributed by atoms with Crippen LogP contribution in [0.15, 0.2) is 71.8 Å². The number of piperazine rings is 1. The zero-order valence-electron chi connectivity index (χ0n) is 21.6. The summed E-state index contributed by atoms with van der Waals surface area (Å²) in [7, 11) is 0. The summed E-state index contributed by atoms with van der Waals surface area (Å²) >= 11 is 0. The van der Waals surface area contributed by atoms with Crippen molar-refractivity contribution in [2.45, 2.75) is 31.8 Å². The van der Waals surface area contributed by atoms with Crippen LogP contribution in [0.1, 0.15) is 36.9 Å². The van der Waals surface area contributed by atoms with Crippen LogP contribution < -0.4 is 10.7 Å². The van der Waals surface area contributed by atoms with Crippen LogP contribution in [0, 0.1) is 0 Å². The van der Waals surface area contributed by atoms with E-state index in [2.05, 4.69) is 74.4 Å². The van der Waals surface area contributed by atoms with Crippen molar-refractivity contribution in [3.05, 3.63) is 77.9 Å². The standard InChI is InChI=1S/C30H37N5O2/c1-2-37-30(36)29(28-9-5-7-24-6-3-4-8-27(24)28)35-16-14-26(15-17-35)34-20-18-33(19-21-34)25-12-10-23(11-13-25)22-32-31/h3-13,22,26,29H,2,14-21,31H2,1H3. The number of benzene rings is 3. The van der Waals surface area contributed by atoms with Crippen LogP contribution in [0.3, 0.4) is 0 Å². The number of fused-ring (bicyclic) bond motifs is 1. The highest BCUT2D eigenvalue weighted by molar-refractivity contribution is 5.91. The predicted molar refractivity (Wildman–Crippen MR) is 150 cm³/mol. The number of anilines is 1. The molecule has 2 N–H and O–H groups in total. The smallest absolute Gasteiger partial charge is 0.328 e. The lowest BCUT2D eigenvalue weighted by Gasteiger charge is -2.44. The Balaban J connectivity index is 1.22. The summed E-state index contributed by atoms with van der Waals surface area (Å²) in [6.45, 7) is 8.21. The van der Waals surface area contributed by atoms with E-state index in [4.69, 9.17) is 10.6 Å². The van der Waals surface area contributed by atoms with Crippen molar-refractivity contribution in [3.63, 3.8) is 0 Å². The number of hydrazone groups is 1. The van der Waals surface area contributed by atoms with Gasteiger partial charge in [-0.15, -0.1) is 0 Å². The molecule has 0 aliphatic carbocycles. The van der Waals surface area contributed by atoms with Crippen LogP contribution in [0.2, 0.25) is 0 Å². The number of esters is 1. The SMILES string of the molecule is CCOC(=O)C(c1cccc2ccccc12)N1CCC(N2CCN(c3ccc(C=NN)cc3)CC2)CC1. The molecule has 2 aliphatic heterocycles. The first-order valence-corrected chi connectivity index (χ1v) is 13.4. The Labute approximate surface area is 219 Å². The first-order chi connectivity index (χ1) is 18.2. The lowest BCUT2D eigenvalue weighted by Crippen LogP contribution is -2.54. The zero-order valence-corrected chi connectivity index (χ0v) is 21.6. The summed E-state index contributed by atoms with van der Waals surface area (Å²) in [5.41, 5.74) is 3.31. The van der Waals surface area contributed by atoms with Crippen LogP contribution in [0.25, 0.3) is 10.8 Å². The Morgan fingerprint density at radius 3 is 2.38 bits per heavy atom. The average Bonchev–Trinajstić information content (AvgIpc) is 2.95. The van der Waals surface area contributed by atoms with E-state index in [-0.39, 0.29) is 12.0 Å². The summed E-state index contributed by atoms with van der Waals surface area (Å²) in [5, 5.41) is 5.89. The van der Waals surface area contributed by atoms with Crippen LogP contribution in [0.4, 0.5) is 5.69 Å². The van der Waals surface area contributed by atoms with Crippen molar-refractivity contribution < 1.29 is 9.53 Å². The number of rotatable bonds is 7. The fraction of sp³-hybridized carbons (Fsp3) is 0.400. The van der Waals surface area contributed by atoms with Gasteiger partial charge in [0, 0.05) is 51.0 Å². The van der Waals surface area contributed by atoms with Gasteiger partial charge < -0.3 is 15.5 Å². The molecule has 37 heavy (non-hydrogen) atoms. The number of nitrogens with zero attached hydrogens (tertiary/aromatic N) is 4. The molecule has 3 aromatic carbocycles. The molecule has 0 amide bonds. The van der Waals surface area contributed by atoms with Crippen molar-refractivity contribution in [1.82, 2.24) is 9.80 Å². The van der Waals surface area contributed by atoms with Gasteiger partial charge in [-0.25, -0.2) is 4.79 Å². The topological polar surface area (TPSA) is 74.4 Å². The first-order valence-electron chi connectivity index (χ1n) is 13.4. The first kappa shape index (κ1) is 25.2. The number of piperidine rings is 1. The van der Waals surface area contributed by atoms with Crippen molar-refractivity contribution >= 4 is 28.6 Å². The third kappa shape index (κ3) is 5.63. The lowest BCUT2D eigenvalue weighted by molar-refractivity contribution is -0.150. The minimum absolute atomic E-state index is 0.144. The number of likely N-dealkylation sites (tertiary alicyclic amines) is 1. The van der Waals surface area contributed by atoms with Crippen LogP contribution in [-0.2, 0) is 9.53 Å². The predicted octanol–water partition coefficient (Wildman–Crippen LogP) is 4.02. The maximum Gasteiger partial charge on any atom is 0.328 e. The van der Waals surface area contributed by atoms with Gasteiger partial charge in [0.25, 0.3) is 0 Å². The second kappa shape index (κ2) is 11.8. The van der Waals surface area contributed by atoms with Crippen molar-refractivity contribution in [2.75, 3.05) is 50.8 Å². The van der Waals surface area contributed by atoms with Crippen molar-refractivity contribution in [1.29, 1.82) is 0 Å². The summed E-state index contributed by atoms with van der Waals surface area (Å²) in [6, 6.07) is 23.2. The number of nitrogens with two attached hydrogens (primary N) is 1. The quantitative estimate of drug-likeness (QED) is 0.229. The summed E-state index contributed by atoms with van der Waals surface area (Å²) in [4.78, 5) is 20.6. The van der Waals surface area contributed by atoms with Gasteiger partial charge in [-0.3, -0.25) is 9.80 Å². The molecule has 1 unspecified atom stereocenters. The zero-order chi connectivity index (χ0) is 25.6. The molecule has 2 aliphatic rings. The monoisotopic (exact) mass is 499 g/mol. The van der Waals surface area contributed by atoms with E-state index in [9.17, 15) is 4.79 Å². The highest BCUT2D eigenvalue weighted by Crippen LogP contribution is 2.32. The van der Waals surface area contributed by atoms with E-state index < -0.39 is 0 Å². The van der Waals surface area contributed by atoms with Gasteiger partial charge in [-0.2, -0.15) is 5.10 Å². The van der Waals surface area contributed by atoms with Crippen molar-refractivity contribution in [2.24, 2.45) is 10.9 Å². The minimum atomic E-state index is -0.365. The van der Waals surface area contributed by atoms with Gasteiger partial charge in [0.15, 0.2) is 0 Å². The summed E-state index contributed by atoms with van der Waals surface area (Å²) < 4.78 is 5.57. The fourth-order valence-corrected chi connectivity index (χ4v) is 5.89. The van der Waals surface area contributed by atoms with Gasteiger partial charge >= 0.3 is 5.97 Å². The van der Waals surface area contributed by atoms with Gasteiger partial charge in [0.1, 0.15) is 6.04 Å². The van der Waals surface area contributed by atoms with E-state index >= 15 is 0 Å². The lowest BCUT2D eigenvalue weighted by atomic mass is 9.94. The van der Waals surface area contributed by atoms with E-state index in [0.717, 1.165) is 74.0 Å². The average molecular weight is 500 g/mol. The Bertz CT molecular complexity index is 1210. The molecular weight excluding hydrogens is 462 g/mol. The fourth-order valence-electron chi connectivity index (χ4n) is 5.89. The maximum atomic E-state index is 13.2. The molecule has 2 saturated heterocycles. The number of hydrogen-bond donors (Lipinski definition) is 1. The number of hydrogen-bond acceptors (Lipinski definition) is 7. The van der Waals surface area contributed by atoms with Gasteiger partial charge in [0.2, 0.25) is 0 Å². The molecule has 0 aromatic heterocycles. The molecule has 0 radical (unpaired) electrons. The maximum absolute atomic E-state index is 13.2. The Kier molecular flexibility index (Phi) is 8.02. The molecule has 0 saturated carbocycles. The van der Waals surface area contributed by atoms with E-state index in [1.165, 1.54) is 5.69 Å². The van der Waals surface area contributed by atoms with Crippen molar-refractivity contribution in [3.8, 4) is 0 Å². The highest BCUT2D eigenvalue weighted by atomic mass is 16.5. The normalized spacial score (nSPS) is 18.9. The van der Waals surface area contributed by atoms with E-state index in [1.807, 2.05) is 19.1 Å². The molecule has 194 valence electrons. The molecule has 2 heterocycles.